The summed E-state index contributed by atoms with van der Waals surface area (Å²) in [5, 5.41) is 3.43. The van der Waals surface area contributed by atoms with Gasteiger partial charge in [-0.25, -0.2) is 0 Å². The van der Waals surface area contributed by atoms with Crippen LogP contribution in [-0.2, 0) is 4.74 Å². The van der Waals surface area contributed by atoms with Crippen LogP contribution < -0.4 is 11.1 Å². The molecule has 5 nitrogen and oxygen atoms in total. The second-order valence-corrected chi connectivity index (χ2v) is 7.68. The molecule has 3 aliphatic rings. The first-order valence-electron chi connectivity index (χ1n) is 9.56. The van der Waals surface area contributed by atoms with Crippen LogP contribution in [0.15, 0.2) is 4.99 Å². The highest BCUT2D eigenvalue weighted by molar-refractivity contribution is 14.0. The zero-order valence-corrected chi connectivity index (χ0v) is 17.5. The van der Waals surface area contributed by atoms with Crippen LogP contribution >= 0.6 is 24.0 Å². The second-order valence-electron chi connectivity index (χ2n) is 7.68. The van der Waals surface area contributed by atoms with Crippen LogP contribution in [-0.4, -0.2) is 55.3 Å². The number of aliphatic imine (C=N–C) groups is 1. The van der Waals surface area contributed by atoms with E-state index in [4.69, 9.17) is 15.5 Å². The van der Waals surface area contributed by atoms with E-state index < -0.39 is 0 Å². The van der Waals surface area contributed by atoms with Gasteiger partial charge in [0, 0.05) is 31.8 Å². The molecule has 0 aromatic heterocycles. The summed E-state index contributed by atoms with van der Waals surface area (Å²) < 4.78 is 5.52. The number of hydrogen-bond acceptors (Lipinski definition) is 3. The van der Waals surface area contributed by atoms with Crippen LogP contribution in [0.1, 0.15) is 64.2 Å². The van der Waals surface area contributed by atoms with Crippen LogP contribution in [0, 0.1) is 0 Å². The molecule has 2 aliphatic carbocycles. The summed E-state index contributed by atoms with van der Waals surface area (Å²) in [6, 6.07) is 0.552. The molecule has 3 fully saturated rings. The third-order valence-electron chi connectivity index (χ3n) is 6.23. The number of rotatable bonds is 5. The zero-order chi connectivity index (χ0) is 16.1. The van der Waals surface area contributed by atoms with Crippen LogP contribution in [0.25, 0.3) is 0 Å². The second kappa shape index (κ2) is 9.57. The van der Waals surface area contributed by atoms with Gasteiger partial charge < -0.3 is 15.8 Å². The summed E-state index contributed by atoms with van der Waals surface area (Å²) in [5.41, 5.74) is 6.41. The normalized spacial score (nSPS) is 26.5. The van der Waals surface area contributed by atoms with Crippen molar-refractivity contribution in [1.82, 2.24) is 10.2 Å². The Labute approximate surface area is 164 Å². The van der Waals surface area contributed by atoms with Crippen molar-refractivity contribution in [3.63, 3.8) is 0 Å². The number of guanidine groups is 1. The van der Waals surface area contributed by atoms with Gasteiger partial charge in [-0.3, -0.25) is 9.89 Å². The van der Waals surface area contributed by atoms with E-state index in [-0.39, 0.29) is 29.5 Å². The van der Waals surface area contributed by atoms with Crippen molar-refractivity contribution < 1.29 is 4.74 Å². The van der Waals surface area contributed by atoms with Crippen molar-refractivity contribution >= 4 is 29.9 Å². The summed E-state index contributed by atoms with van der Waals surface area (Å²) in [6.45, 7) is 3.14. The number of likely N-dealkylation sites (tertiary alicyclic amines) is 1. The van der Waals surface area contributed by atoms with Gasteiger partial charge in [0.2, 0.25) is 0 Å². The molecule has 3 N–H and O–H groups in total. The maximum absolute atomic E-state index is 6.16. The van der Waals surface area contributed by atoms with E-state index >= 15 is 0 Å². The minimum absolute atomic E-state index is 0. The molecular weight excluding hydrogens is 415 g/mol. The molecule has 140 valence electrons. The Hall–Kier alpha value is -0.0800. The van der Waals surface area contributed by atoms with Crippen molar-refractivity contribution in [2.24, 2.45) is 10.7 Å². The van der Waals surface area contributed by atoms with Gasteiger partial charge in [-0.15, -0.1) is 24.0 Å². The Morgan fingerprint density at radius 1 is 1.12 bits per heavy atom. The molecule has 1 heterocycles. The van der Waals surface area contributed by atoms with Crippen molar-refractivity contribution in [2.75, 3.05) is 26.7 Å². The topological polar surface area (TPSA) is 62.9 Å². The molecule has 0 unspecified atom stereocenters. The lowest BCUT2D eigenvalue weighted by Gasteiger charge is -2.44. The summed E-state index contributed by atoms with van der Waals surface area (Å²) in [6.07, 6.45) is 13.1. The number of nitrogens with two attached hydrogens (primary N) is 1. The smallest absolute Gasteiger partial charge is 0.188 e. The molecule has 0 atom stereocenters. The highest BCUT2D eigenvalue weighted by atomic mass is 127. The van der Waals surface area contributed by atoms with Crippen LogP contribution in [0.4, 0.5) is 0 Å². The predicted molar refractivity (Wildman–Crippen MR) is 110 cm³/mol. The average molecular weight is 450 g/mol. The molecule has 0 aromatic rings. The van der Waals surface area contributed by atoms with Crippen molar-refractivity contribution in [1.29, 1.82) is 0 Å². The Bertz CT molecular complexity index is 398. The molecule has 0 bridgehead atoms. The third kappa shape index (κ3) is 4.97. The molecule has 24 heavy (non-hydrogen) atoms. The standard InChI is InChI=1S/C18H34N4O.HI/c1-23-16-8-12-22(13-9-16)18(10-4-5-11-18)14-20-17(19)21-15-6-2-3-7-15;/h15-16H,2-14H2,1H3,(H3,19,20,21);1H. The van der Waals surface area contributed by atoms with E-state index in [9.17, 15) is 0 Å². The largest absolute Gasteiger partial charge is 0.381 e. The van der Waals surface area contributed by atoms with Gasteiger partial charge in [0.1, 0.15) is 0 Å². The summed E-state index contributed by atoms with van der Waals surface area (Å²) in [7, 11) is 1.84. The van der Waals surface area contributed by atoms with Crippen LogP contribution in [0.5, 0.6) is 0 Å². The molecule has 0 amide bonds. The number of ether oxygens (including phenoxy) is 1. The number of piperidine rings is 1. The molecule has 6 heteroatoms. The molecule has 1 saturated heterocycles. The van der Waals surface area contributed by atoms with Gasteiger partial charge in [-0.2, -0.15) is 0 Å². The van der Waals surface area contributed by atoms with E-state index in [1.807, 2.05) is 7.11 Å². The fourth-order valence-corrected chi connectivity index (χ4v) is 4.73. The fourth-order valence-electron chi connectivity index (χ4n) is 4.73. The first-order valence-corrected chi connectivity index (χ1v) is 9.56. The van der Waals surface area contributed by atoms with Gasteiger partial charge in [0.15, 0.2) is 5.96 Å². The third-order valence-corrected chi connectivity index (χ3v) is 6.23. The van der Waals surface area contributed by atoms with Gasteiger partial charge in [-0.1, -0.05) is 25.7 Å². The van der Waals surface area contributed by atoms with Crippen molar-refractivity contribution in [3.8, 4) is 0 Å². The van der Waals surface area contributed by atoms with E-state index in [1.165, 1.54) is 51.4 Å². The summed E-state index contributed by atoms with van der Waals surface area (Å²) >= 11 is 0. The molecule has 3 rings (SSSR count). The number of halogens is 1. The van der Waals surface area contributed by atoms with Gasteiger partial charge in [-0.05, 0) is 38.5 Å². The quantitative estimate of drug-likeness (QED) is 0.384. The highest BCUT2D eigenvalue weighted by Gasteiger charge is 2.40. The van der Waals surface area contributed by atoms with E-state index in [0.717, 1.165) is 32.5 Å². The minimum atomic E-state index is 0. The first kappa shape index (κ1) is 20.2. The van der Waals surface area contributed by atoms with Crippen molar-refractivity contribution in [2.45, 2.75) is 81.9 Å². The lowest BCUT2D eigenvalue weighted by molar-refractivity contribution is -0.0000559. The lowest BCUT2D eigenvalue weighted by atomic mass is 9.91. The molecule has 0 spiro atoms. The summed E-state index contributed by atoms with van der Waals surface area (Å²) in [5.74, 6) is 0.662. The van der Waals surface area contributed by atoms with Crippen molar-refractivity contribution in [3.05, 3.63) is 0 Å². The van der Waals surface area contributed by atoms with Gasteiger partial charge in [0.05, 0.1) is 12.6 Å². The lowest BCUT2D eigenvalue weighted by Crippen LogP contribution is -2.53. The number of nitrogens with one attached hydrogen (secondary N) is 1. The maximum atomic E-state index is 6.16. The number of methoxy groups -OCH3 is 1. The molecule has 2 saturated carbocycles. The monoisotopic (exact) mass is 450 g/mol. The van der Waals surface area contributed by atoms with Crippen LogP contribution in [0.3, 0.4) is 0 Å². The van der Waals surface area contributed by atoms with Gasteiger partial charge in [0.25, 0.3) is 0 Å². The molecule has 1 aliphatic heterocycles. The minimum Gasteiger partial charge on any atom is -0.381 e. The Kier molecular flexibility index (Phi) is 8.07. The zero-order valence-electron chi connectivity index (χ0n) is 15.1. The Morgan fingerprint density at radius 2 is 1.75 bits per heavy atom. The maximum Gasteiger partial charge on any atom is 0.188 e. The fraction of sp³-hybridized carbons (Fsp3) is 0.944. The molecule has 0 radical (unpaired) electrons. The SMILES string of the molecule is COC1CCN(C2(CN=C(N)NC3CCCC3)CCCC2)CC1.I. The number of hydrogen-bond donors (Lipinski definition) is 2. The van der Waals surface area contributed by atoms with E-state index in [1.54, 1.807) is 0 Å². The van der Waals surface area contributed by atoms with Gasteiger partial charge >= 0.3 is 0 Å². The first-order chi connectivity index (χ1) is 11.2. The predicted octanol–water partition coefficient (Wildman–Crippen LogP) is 2.87. The highest BCUT2D eigenvalue weighted by Crippen LogP contribution is 2.37. The summed E-state index contributed by atoms with van der Waals surface area (Å²) in [4.78, 5) is 7.45. The van der Waals surface area contributed by atoms with E-state index in [2.05, 4.69) is 10.2 Å². The number of nitrogens with zero attached hydrogens (tertiary/aromatic N) is 2. The molecular formula is C18H35IN4O. The van der Waals surface area contributed by atoms with E-state index in [0.29, 0.717) is 18.1 Å². The Morgan fingerprint density at radius 3 is 2.33 bits per heavy atom. The Balaban J connectivity index is 0.00000208. The van der Waals surface area contributed by atoms with Crippen LogP contribution in [0.2, 0.25) is 0 Å². The molecule has 0 aromatic carbocycles. The average Bonchev–Trinajstić information content (AvgIpc) is 3.25.